The van der Waals surface area contributed by atoms with E-state index in [0.29, 0.717) is 41.0 Å². The number of ether oxygens (including phenoxy) is 1. The van der Waals surface area contributed by atoms with Crippen LogP contribution in [-0.2, 0) is 24.0 Å². The topological polar surface area (TPSA) is 9.23 Å². The van der Waals surface area contributed by atoms with Gasteiger partial charge in [-0.3, -0.25) is 0 Å². The number of halogens is 3. The summed E-state index contributed by atoms with van der Waals surface area (Å²) in [4.78, 5) is 0. The molecule has 0 fully saturated rings. The molecule has 0 spiro atoms. The molecule has 0 bridgehead atoms. The lowest BCUT2D eigenvalue weighted by molar-refractivity contribution is 0.202. The van der Waals surface area contributed by atoms with Gasteiger partial charge >= 0.3 is 0 Å². The minimum atomic E-state index is -0.284. The van der Waals surface area contributed by atoms with Crippen LogP contribution in [0.1, 0.15) is 16.7 Å². The average molecular weight is 437 g/mol. The summed E-state index contributed by atoms with van der Waals surface area (Å²) in [6, 6.07) is 21.9. The standard InChI is InChI=1S/C27H23ClF2O/c1-31-15-14-19-5-12-24(26(29)16-19)21-9-13-25-22(17-21)8-7-20(27(25)30)6-2-18-3-10-23(28)11-4-18/h3-5,7-13,16-17H,2,6,14-15H2,1H3. The number of hydrogen-bond donors (Lipinski definition) is 0. The Morgan fingerprint density at radius 1 is 0.774 bits per heavy atom. The number of fused-ring (bicyclic) bond motifs is 1. The fourth-order valence-corrected chi connectivity index (χ4v) is 3.92. The van der Waals surface area contributed by atoms with Crippen molar-refractivity contribution in [1.29, 1.82) is 0 Å². The lowest BCUT2D eigenvalue weighted by atomic mass is 9.96. The summed E-state index contributed by atoms with van der Waals surface area (Å²) in [5.41, 5.74) is 3.92. The maximum absolute atomic E-state index is 15.1. The van der Waals surface area contributed by atoms with Crippen LogP contribution in [0.3, 0.4) is 0 Å². The molecule has 4 aromatic carbocycles. The summed E-state index contributed by atoms with van der Waals surface area (Å²) in [5.74, 6) is -0.499. The molecule has 0 N–H and O–H groups in total. The highest BCUT2D eigenvalue weighted by molar-refractivity contribution is 6.30. The highest BCUT2D eigenvalue weighted by atomic mass is 35.5. The van der Waals surface area contributed by atoms with Crippen molar-refractivity contribution in [2.45, 2.75) is 19.3 Å². The average Bonchev–Trinajstić information content (AvgIpc) is 2.78. The number of rotatable bonds is 7. The first kappa shape index (κ1) is 21.5. The number of benzene rings is 4. The SMILES string of the molecule is COCCc1ccc(-c2ccc3c(F)c(CCc4ccc(Cl)cc4)ccc3c2)c(F)c1. The predicted octanol–water partition coefficient (Wildman–Crippen LogP) is 7.41. The van der Waals surface area contributed by atoms with Crippen molar-refractivity contribution in [3.8, 4) is 11.1 Å². The Labute approximate surface area is 186 Å². The molecule has 0 aliphatic rings. The lowest BCUT2D eigenvalue weighted by Crippen LogP contribution is -1.97. The van der Waals surface area contributed by atoms with Crippen LogP contribution in [0.5, 0.6) is 0 Å². The van der Waals surface area contributed by atoms with Crippen LogP contribution in [0, 0.1) is 11.6 Å². The normalized spacial score (nSPS) is 11.2. The van der Waals surface area contributed by atoms with Gasteiger partial charge < -0.3 is 4.74 Å². The fourth-order valence-electron chi connectivity index (χ4n) is 3.80. The molecule has 0 aromatic heterocycles. The third kappa shape index (κ3) is 4.95. The van der Waals surface area contributed by atoms with Crippen molar-refractivity contribution in [1.82, 2.24) is 0 Å². The molecule has 0 heterocycles. The van der Waals surface area contributed by atoms with Crippen LogP contribution in [0.4, 0.5) is 8.78 Å². The van der Waals surface area contributed by atoms with Crippen LogP contribution < -0.4 is 0 Å². The Hall–Kier alpha value is -2.75. The molecule has 0 amide bonds. The number of aryl methyl sites for hydroxylation is 2. The van der Waals surface area contributed by atoms with Crippen molar-refractivity contribution >= 4 is 22.4 Å². The van der Waals surface area contributed by atoms with E-state index in [2.05, 4.69) is 0 Å². The molecule has 0 saturated carbocycles. The molecule has 4 heteroatoms. The maximum atomic E-state index is 15.1. The minimum absolute atomic E-state index is 0.214. The van der Waals surface area contributed by atoms with E-state index in [-0.39, 0.29) is 11.6 Å². The van der Waals surface area contributed by atoms with Gasteiger partial charge in [0.1, 0.15) is 11.6 Å². The van der Waals surface area contributed by atoms with Gasteiger partial charge in [-0.15, -0.1) is 0 Å². The predicted molar refractivity (Wildman–Crippen MR) is 124 cm³/mol. The molecule has 4 aromatic rings. The van der Waals surface area contributed by atoms with E-state index in [4.69, 9.17) is 16.3 Å². The van der Waals surface area contributed by atoms with Gasteiger partial charge in [0.15, 0.2) is 0 Å². The molecule has 158 valence electrons. The summed E-state index contributed by atoms with van der Waals surface area (Å²) >= 11 is 5.93. The van der Waals surface area contributed by atoms with Crippen molar-refractivity contribution < 1.29 is 13.5 Å². The molecule has 0 atom stereocenters. The second-order valence-corrected chi connectivity index (χ2v) is 8.09. The Morgan fingerprint density at radius 3 is 2.29 bits per heavy atom. The first-order valence-electron chi connectivity index (χ1n) is 10.3. The monoisotopic (exact) mass is 436 g/mol. The Balaban J connectivity index is 1.57. The quantitative estimate of drug-likeness (QED) is 0.293. The van der Waals surface area contributed by atoms with E-state index in [1.165, 1.54) is 0 Å². The summed E-state index contributed by atoms with van der Waals surface area (Å²) in [6.45, 7) is 0.550. The molecule has 1 nitrogen and oxygen atoms in total. The van der Waals surface area contributed by atoms with E-state index >= 15 is 4.39 Å². The van der Waals surface area contributed by atoms with Crippen LogP contribution in [0.25, 0.3) is 21.9 Å². The highest BCUT2D eigenvalue weighted by Gasteiger charge is 2.11. The maximum Gasteiger partial charge on any atom is 0.134 e. The summed E-state index contributed by atoms with van der Waals surface area (Å²) in [5, 5.41) is 2.00. The van der Waals surface area contributed by atoms with Crippen molar-refractivity contribution in [2.24, 2.45) is 0 Å². The second kappa shape index (κ2) is 9.59. The number of methoxy groups -OCH3 is 1. The Kier molecular flexibility index (Phi) is 6.64. The van der Waals surface area contributed by atoms with E-state index < -0.39 is 0 Å². The molecule has 0 aliphatic heterocycles. The number of hydrogen-bond acceptors (Lipinski definition) is 1. The van der Waals surface area contributed by atoms with Crippen molar-refractivity contribution in [2.75, 3.05) is 13.7 Å². The van der Waals surface area contributed by atoms with Crippen LogP contribution >= 0.6 is 11.6 Å². The van der Waals surface area contributed by atoms with Crippen molar-refractivity contribution in [3.05, 3.63) is 106 Å². The molecular formula is C27H23ClF2O. The van der Waals surface area contributed by atoms with Crippen LogP contribution in [0.2, 0.25) is 5.02 Å². The molecule has 0 radical (unpaired) electrons. The van der Waals surface area contributed by atoms with Crippen molar-refractivity contribution in [3.63, 3.8) is 0 Å². The van der Waals surface area contributed by atoms with Gasteiger partial charge in [-0.2, -0.15) is 0 Å². The zero-order valence-corrected chi connectivity index (χ0v) is 18.1. The fraction of sp³-hybridized carbons (Fsp3) is 0.185. The molecule has 0 saturated heterocycles. The molecule has 31 heavy (non-hydrogen) atoms. The van der Waals surface area contributed by atoms with Gasteiger partial charge in [0, 0.05) is 23.1 Å². The third-order valence-electron chi connectivity index (χ3n) is 5.57. The van der Waals surface area contributed by atoms with Gasteiger partial charge in [0.2, 0.25) is 0 Å². The zero-order chi connectivity index (χ0) is 21.8. The molecule has 4 rings (SSSR count). The highest BCUT2D eigenvalue weighted by Crippen LogP contribution is 2.30. The van der Waals surface area contributed by atoms with Gasteiger partial charge in [0.05, 0.1) is 6.61 Å². The molecule has 0 unspecified atom stereocenters. The van der Waals surface area contributed by atoms with Crippen LogP contribution in [-0.4, -0.2) is 13.7 Å². The van der Waals surface area contributed by atoms with Gasteiger partial charge in [-0.05, 0) is 71.2 Å². The Bertz CT molecular complexity index is 1200. The van der Waals surface area contributed by atoms with Gasteiger partial charge in [-0.25, -0.2) is 8.78 Å². The Morgan fingerprint density at radius 2 is 1.55 bits per heavy atom. The van der Waals surface area contributed by atoms with Crippen LogP contribution in [0.15, 0.2) is 72.8 Å². The van der Waals surface area contributed by atoms with Gasteiger partial charge in [0.25, 0.3) is 0 Å². The lowest BCUT2D eigenvalue weighted by Gasteiger charge is -2.10. The first-order chi connectivity index (χ1) is 15.0. The smallest absolute Gasteiger partial charge is 0.134 e. The summed E-state index contributed by atoms with van der Waals surface area (Å²) in [7, 11) is 1.63. The van der Waals surface area contributed by atoms with E-state index in [1.54, 1.807) is 31.4 Å². The first-order valence-corrected chi connectivity index (χ1v) is 10.7. The second-order valence-electron chi connectivity index (χ2n) is 7.66. The van der Waals surface area contributed by atoms with E-state index in [9.17, 15) is 4.39 Å². The van der Waals surface area contributed by atoms with E-state index in [0.717, 1.165) is 28.5 Å². The summed E-state index contributed by atoms with van der Waals surface area (Å²) in [6.07, 6.45) is 2.00. The van der Waals surface area contributed by atoms with Gasteiger partial charge in [-0.1, -0.05) is 60.1 Å². The summed E-state index contributed by atoms with van der Waals surface area (Å²) < 4.78 is 34.8. The third-order valence-corrected chi connectivity index (χ3v) is 5.82. The minimum Gasteiger partial charge on any atom is -0.384 e. The van der Waals surface area contributed by atoms with E-state index in [1.807, 2.05) is 48.5 Å². The molecular weight excluding hydrogens is 414 g/mol. The zero-order valence-electron chi connectivity index (χ0n) is 17.3. The molecule has 0 aliphatic carbocycles. The largest absolute Gasteiger partial charge is 0.384 e.